The van der Waals surface area contributed by atoms with E-state index in [9.17, 15) is 14.7 Å². The number of nitrogens with two attached hydrogens (primary N) is 1. The lowest BCUT2D eigenvalue weighted by molar-refractivity contribution is -0.141. The third kappa shape index (κ3) is 5.86. The van der Waals surface area contributed by atoms with Crippen LogP contribution in [0.4, 0.5) is 5.82 Å². The third-order valence-corrected chi connectivity index (χ3v) is 5.56. The zero-order chi connectivity index (χ0) is 22.2. The Morgan fingerprint density at radius 3 is 2.71 bits per heavy atom. The number of pyridine rings is 1. The van der Waals surface area contributed by atoms with Gasteiger partial charge in [-0.2, -0.15) is 11.8 Å². The number of aromatic nitrogens is 1. The Kier molecular flexibility index (Phi) is 7.67. The molecule has 1 heterocycles. The van der Waals surface area contributed by atoms with Gasteiger partial charge in [-0.1, -0.05) is 42.5 Å². The molecule has 1 aromatic carbocycles. The lowest BCUT2D eigenvalue weighted by atomic mass is 9.88. The van der Waals surface area contributed by atoms with Gasteiger partial charge in [0.2, 0.25) is 0 Å². The number of nitrogens with one attached hydrogen (secondary N) is 1. The number of aliphatic carboxylic acids is 1. The van der Waals surface area contributed by atoms with Gasteiger partial charge >= 0.3 is 5.97 Å². The Morgan fingerprint density at radius 2 is 2.03 bits per heavy atom. The lowest BCUT2D eigenvalue weighted by Gasteiger charge is -2.21. The number of benzene rings is 1. The summed E-state index contributed by atoms with van der Waals surface area (Å²) in [6, 6.07) is 12.4. The number of thioether (sulfide) groups is 1. The topological polar surface area (TPSA) is 105 Å². The highest BCUT2D eigenvalue weighted by atomic mass is 32.2. The van der Waals surface area contributed by atoms with Gasteiger partial charge in [0.1, 0.15) is 11.9 Å². The van der Waals surface area contributed by atoms with E-state index in [1.54, 1.807) is 18.0 Å². The van der Waals surface area contributed by atoms with Gasteiger partial charge in [-0.05, 0) is 59.8 Å². The van der Waals surface area contributed by atoms with E-state index < -0.39 is 12.0 Å². The van der Waals surface area contributed by atoms with Crippen LogP contribution in [0.3, 0.4) is 0 Å². The first-order chi connectivity index (χ1) is 15.0. The summed E-state index contributed by atoms with van der Waals surface area (Å²) in [5.41, 5.74) is 9.85. The number of carbonyl (C=O) groups is 2. The fourth-order valence-electron chi connectivity index (χ4n) is 3.30. The fourth-order valence-corrected chi connectivity index (χ4v) is 3.78. The molecule has 7 heteroatoms. The summed E-state index contributed by atoms with van der Waals surface area (Å²) < 4.78 is 0. The Morgan fingerprint density at radius 1 is 1.26 bits per heavy atom. The van der Waals surface area contributed by atoms with Crippen molar-refractivity contribution < 1.29 is 14.7 Å². The molecule has 0 fully saturated rings. The molecule has 4 N–H and O–H groups in total. The van der Waals surface area contributed by atoms with Crippen molar-refractivity contribution >= 4 is 41.1 Å². The minimum Gasteiger partial charge on any atom is -0.480 e. The number of amides is 1. The van der Waals surface area contributed by atoms with E-state index >= 15 is 0 Å². The predicted molar refractivity (Wildman–Crippen MR) is 126 cm³/mol. The van der Waals surface area contributed by atoms with Crippen LogP contribution in [-0.4, -0.2) is 40.0 Å². The van der Waals surface area contributed by atoms with E-state index in [0.717, 1.165) is 22.3 Å². The normalized spacial score (nSPS) is 15.7. The number of nitrogen functional groups attached to an aromatic ring is 1. The first-order valence-electron chi connectivity index (χ1n) is 9.91. The van der Waals surface area contributed by atoms with E-state index in [-0.39, 0.29) is 5.91 Å². The van der Waals surface area contributed by atoms with Crippen molar-refractivity contribution in [1.29, 1.82) is 0 Å². The average molecular weight is 436 g/mol. The molecule has 31 heavy (non-hydrogen) atoms. The molecule has 0 saturated heterocycles. The Balaban J connectivity index is 1.92. The minimum absolute atomic E-state index is 0.366. The fraction of sp³-hybridized carbons (Fsp3) is 0.208. The van der Waals surface area contributed by atoms with Crippen molar-refractivity contribution in [2.75, 3.05) is 17.7 Å². The molecule has 1 aromatic heterocycles. The summed E-state index contributed by atoms with van der Waals surface area (Å²) in [5, 5.41) is 12.2. The summed E-state index contributed by atoms with van der Waals surface area (Å²) in [6.07, 6.45) is 10.2. The largest absolute Gasteiger partial charge is 0.480 e. The van der Waals surface area contributed by atoms with E-state index in [4.69, 9.17) is 5.73 Å². The number of allylic oxidation sites excluding steroid dienone is 3. The van der Waals surface area contributed by atoms with E-state index in [2.05, 4.69) is 10.3 Å². The van der Waals surface area contributed by atoms with Gasteiger partial charge in [-0.3, -0.25) is 4.79 Å². The highest BCUT2D eigenvalue weighted by molar-refractivity contribution is 7.98. The van der Waals surface area contributed by atoms with E-state index in [1.807, 2.05) is 66.9 Å². The Bertz CT molecular complexity index is 1050. The second-order valence-electron chi connectivity index (χ2n) is 7.09. The van der Waals surface area contributed by atoms with Crippen molar-refractivity contribution in [3.8, 4) is 0 Å². The van der Waals surface area contributed by atoms with Crippen LogP contribution in [-0.2, 0) is 9.59 Å². The Hall–Kier alpha value is -3.32. The molecule has 6 nitrogen and oxygen atoms in total. The summed E-state index contributed by atoms with van der Waals surface area (Å²) in [5.74, 6) is -0.326. The molecular formula is C24H25N3O3S. The molecule has 160 valence electrons. The van der Waals surface area contributed by atoms with Gasteiger partial charge in [0.25, 0.3) is 5.91 Å². The first kappa shape index (κ1) is 22.4. The number of carbonyl (C=O) groups excluding carboxylic acids is 1. The summed E-state index contributed by atoms with van der Waals surface area (Å²) in [4.78, 5) is 28.7. The summed E-state index contributed by atoms with van der Waals surface area (Å²) >= 11 is 1.55. The van der Waals surface area contributed by atoms with Crippen LogP contribution >= 0.6 is 11.8 Å². The van der Waals surface area contributed by atoms with Gasteiger partial charge in [0.05, 0.1) is 0 Å². The number of hydrogen-bond donors (Lipinski definition) is 3. The van der Waals surface area contributed by atoms with Crippen LogP contribution in [0, 0.1) is 0 Å². The number of nitrogens with zero attached hydrogens (tertiary/aromatic N) is 1. The van der Waals surface area contributed by atoms with Crippen LogP contribution < -0.4 is 11.1 Å². The quantitative estimate of drug-likeness (QED) is 0.583. The molecule has 1 aliphatic carbocycles. The molecule has 0 radical (unpaired) electrons. The van der Waals surface area contributed by atoms with Gasteiger partial charge in [-0.25, -0.2) is 9.78 Å². The monoisotopic (exact) mass is 435 g/mol. The van der Waals surface area contributed by atoms with Crippen LogP contribution in [0.1, 0.15) is 24.0 Å². The maximum Gasteiger partial charge on any atom is 0.326 e. The standard InChI is InChI=1S/C24H25N3O3S/c1-31-13-11-21(24(29)30)27-23(28)19-10-9-16(14-18-8-5-12-26-22(18)25)15-20(19)17-6-3-2-4-7-17/h2-8,10,12,14-15,21H,9,11,13H2,1H3,(H2,25,26)(H,27,28)(H,29,30)/t21-/m0/s1. The van der Waals surface area contributed by atoms with Gasteiger partial charge < -0.3 is 16.2 Å². The first-order valence-corrected chi connectivity index (χ1v) is 11.3. The summed E-state index contributed by atoms with van der Waals surface area (Å²) in [6.45, 7) is 0. The molecule has 3 rings (SSSR count). The zero-order valence-corrected chi connectivity index (χ0v) is 18.1. The molecule has 0 unspecified atom stereocenters. The van der Waals surface area contributed by atoms with Crippen molar-refractivity contribution in [3.05, 3.63) is 83.1 Å². The predicted octanol–water partition coefficient (Wildman–Crippen LogP) is 3.78. The number of carboxylic acid groups (broad SMARTS) is 1. The molecule has 0 spiro atoms. The SMILES string of the molecule is CSCC[C@H](NC(=O)C1=CCC(=Cc2cccnc2N)C=C1c1ccccc1)C(=O)O. The highest BCUT2D eigenvalue weighted by Crippen LogP contribution is 2.32. The average Bonchev–Trinajstić information content (AvgIpc) is 2.78. The van der Waals surface area contributed by atoms with Gasteiger partial charge in [0.15, 0.2) is 0 Å². The minimum atomic E-state index is -1.03. The second-order valence-corrected chi connectivity index (χ2v) is 8.07. The van der Waals surface area contributed by atoms with Gasteiger partial charge in [-0.15, -0.1) is 0 Å². The van der Waals surface area contributed by atoms with E-state index in [1.165, 1.54) is 0 Å². The van der Waals surface area contributed by atoms with Crippen LogP contribution in [0.15, 0.2) is 72.0 Å². The molecular weight excluding hydrogens is 410 g/mol. The zero-order valence-electron chi connectivity index (χ0n) is 17.2. The second kappa shape index (κ2) is 10.6. The maximum absolute atomic E-state index is 13.0. The van der Waals surface area contributed by atoms with Crippen LogP contribution in [0.2, 0.25) is 0 Å². The van der Waals surface area contributed by atoms with Crippen molar-refractivity contribution in [2.24, 2.45) is 0 Å². The number of rotatable bonds is 8. The number of carboxylic acids is 1. The maximum atomic E-state index is 13.0. The van der Waals surface area contributed by atoms with Crippen molar-refractivity contribution in [1.82, 2.24) is 10.3 Å². The van der Waals surface area contributed by atoms with Crippen LogP contribution in [0.5, 0.6) is 0 Å². The van der Waals surface area contributed by atoms with E-state index in [0.29, 0.717) is 30.0 Å². The smallest absolute Gasteiger partial charge is 0.326 e. The van der Waals surface area contributed by atoms with Crippen molar-refractivity contribution in [3.63, 3.8) is 0 Å². The number of anilines is 1. The highest BCUT2D eigenvalue weighted by Gasteiger charge is 2.25. The molecule has 0 bridgehead atoms. The Labute approximate surface area is 186 Å². The molecule has 1 atom stereocenters. The lowest BCUT2D eigenvalue weighted by Crippen LogP contribution is -2.42. The third-order valence-electron chi connectivity index (χ3n) is 4.92. The molecule has 2 aromatic rings. The molecule has 1 aliphatic rings. The van der Waals surface area contributed by atoms with Gasteiger partial charge in [0, 0.05) is 17.3 Å². The summed E-state index contributed by atoms with van der Waals surface area (Å²) in [7, 11) is 0. The molecule has 0 saturated carbocycles. The number of hydrogen-bond acceptors (Lipinski definition) is 5. The van der Waals surface area contributed by atoms with Crippen molar-refractivity contribution in [2.45, 2.75) is 18.9 Å². The molecule has 1 amide bonds. The molecule has 0 aliphatic heterocycles. The van der Waals surface area contributed by atoms with Crippen LogP contribution in [0.25, 0.3) is 11.6 Å².